The second kappa shape index (κ2) is 5.04. The number of aryl methyl sites for hydroxylation is 2. The number of hydrogen-bond acceptors (Lipinski definition) is 4. The largest absolute Gasteiger partial charge is 0.478 e. The third-order valence-electron chi connectivity index (χ3n) is 2.39. The molecule has 0 atom stereocenters. The first-order valence-electron chi connectivity index (χ1n) is 5.12. The summed E-state index contributed by atoms with van der Waals surface area (Å²) < 4.78 is 5.43. The van der Waals surface area contributed by atoms with Crippen molar-refractivity contribution >= 4 is 29.3 Å². The number of carboxylic acids is 1. The maximum Gasteiger partial charge on any atom is 0.335 e. The molecule has 4 nitrogen and oxygen atoms in total. The van der Waals surface area contributed by atoms with Crippen LogP contribution in [0.1, 0.15) is 21.8 Å². The summed E-state index contributed by atoms with van der Waals surface area (Å²) in [6, 6.07) is 4.55. The first kappa shape index (κ1) is 13.0. The molecule has 0 aliphatic heterocycles. The number of rotatable bonds is 3. The lowest BCUT2D eigenvalue weighted by Crippen LogP contribution is -1.95. The van der Waals surface area contributed by atoms with Gasteiger partial charge in [0.15, 0.2) is 0 Å². The Hall–Kier alpha value is -1.46. The molecule has 0 saturated carbocycles. The van der Waals surface area contributed by atoms with Crippen molar-refractivity contribution in [3.05, 3.63) is 40.2 Å². The van der Waals surface area contributed by atoms with Gasteiger partial charge < -0.3 is 9.52 Å². The fraction of sp³-hybridized carbons (Fsp3) is 0.167. The maximum absolute atomic E-state index is 10.8. The van der Waals surface area contributed by atoms with Crippen LogP contribution in [0.3, 0.4) is 0 Å². The van der Waals surface area contributed by atoms with E-state index in [1.54, 1.807) is 6.07 Å². The van der Waals surface area contributed by atoms with Crippen LogP contribution in [0.4, 0.5) is 0 Å². The normalized spacial score (nSPS) is 10.6. The number of nitrogens with zero attached hydrogens (tertiary/aromatic N) is 1. The van der Waals surface area contributed by atoms with Gasteiger partial charge in [0.25, 0.3) is 5.22 Å². The third kappa shape index (κ3) is 2.68. The molecule has 2 rings (SSSR count). The minimum atomic E-state index is -1.00. The molecule has 0 amide bonds. The molecule has 0 aliphatic rings. The molecule has 0 fully saturated rings. The highest BCUT2D eigenvalue weighted by Gasteiger charge is 2.12. The number of halogens is 1. The van der Waals surface area contributed by atoms with Gasteiger partial charge in [0.1, 0.15) is 5.76 Å². The van der Waals surface area contributed by atoms with Gasteiger partial charge in [0.05, 0.1) is 16.3 Å². The average Bonchev–Trinajstić information content (AvgIpc) is 2.61. The van der Waals surface area contributed by atoms with Gasteiger partial charge >= 0.3 is 5.97 Å². The van der Waals surface area contributed by atoms with Crippen LogP contribution in [0, 0.1) is 13.8 Å². The molecule has 1 N–H and O–H groups in total. The zero-order chi connectivity index (χ0) is 13.3. The first-order valence-corrected chi connectivity index (χ1v) is 6.31. The van der Waals surface area contributed by atoms with E-state index in [9.17, 15) is 4.79 Å². The summed E-state index contributed by atoms with van der Waals surface area (Å²) in [6.45, 7) is 3.69. The van der Waals surface area contributed by atoms with Gasteiger partial charge in [-0.25, -0.2) is 9.78 Å². The molecule has 1 aromatic heterocycles. The summed E-state index contributed by atoms with van der Waals surface area (Å²) in [5, 5.41) is 9.70. The Bertz CT molecular complexity index is 590. The maximum atomic E-state index is 10.8. The average molecular weight is 284 g/mol. The standard InChI is InChI=1S/C12H10ClNO3S/c1-6-7(2)17-12(14-6)18-10-4-3-8(11(15)16)5-9(10)13/h3-5H,1-2H3,(H,15,16). The number of benzene rings is 1. The summed E-state index contributed by atoms with van der Waals surface area (Å²) in [7, 11) is 0. The van der Waals surface area contributed by atoms with E-state index < -0.39 is 5.97 Å². The minimum Gasteiger partial charge on any atom is -0.478 e. The molecule has 0 spiro atoms. The summed E-state index contributed by atoms with van der Waals surface area (Å²) >= 11 is 7.28. The van der Waals surface area contributed by atoms with Crippen molar-refractivity contribution in [2.24, 2.45) is 0 Å². The zero-order valence-electron chi connectivity index (χ0n) is 9.73. The van der Waals surface area contributed by atoms with E-state index in [1.165, 1.54) is 23.9 Å². The molecule has 0 bridgehead atoms. The predicted octanol–water partition coefficient (Wildman–Crippen LogP) is 3.79. The van der Waals surface area contributed by atoms with E-state index in [2.05, 4.69) is 4.98 Å². The van der Waals surface area contributed by atoms with Gasteiger partial charge in [-0.15, -0.1) is 0 Å². The minimum absolute atomic E-state index is 0.157. The van der Waals surface area contributed by atoms with Crippen LogP contribution < -0.4 is 0 Å². The molecule has 0 saturated heterocycles. The zero-order valence-corrected chi connectivity index (χ0v) is 11.3. The number of carboxylic acid groups (broad SMARTS) is 1. The summed E-state index contributed by atoms with van der Waals surface area (Å²) in [6.07, 6.45) is 0. The topological polar surface area (TPSA) is 63.3 Å². The second-order valence-electron chi connectivity index (χ2n) is 3.67. The lowest BCUT2D eigenvalue weighted by molar-refractivity contribution is 0.0697. The number of aromatic nitrogens is 1. The van der Waals surface area contributed by atoms with Gasteiger partial charge in [0.2, 0.25) is 0 Å². The number of carbonyl (C=O) groups is 1. The predicted molar refractivity (Wildman–Crippen MR) is 68.5 cm³/mol. The Morgan fingerprint density at radius 2 is 2.17 bits per heavy atom. The third-order valence-corrected chi connectivity index (χ3v) is 3.73. The van der Waals surface area contributed by atoms with Crippen LogP contribution in [0.25, 0.3) is 0 Å². The van der Waals surface area contributed by atoms with E-state index in [-0.39, 0.29) is 5.56 Å². The van der Waals surface area contributed by atoms with E-state index in [4.69, 9.17) is 21.1 Å². The van der Waals surface area contributed by atoms with Crippen LogP contribution in [-0.4, -0.2) is 16.1 Å². The molecule has 94 valence electrons. The van der Waals surface area contributed by atoms with Gasteiger partial charge in [-0.05, 0) is 43.8 Å². The van der Waals surface area contributed by atoms with Crippen molar-refractivity contribution < 1.29 is 14.3 Å². The van der Waals surface area contributed by atoms with Crippen molar-refractivity contribution in [1.82, 2.24) is 4.98 Å². The van der Waals surface area contributed by atoms with Crippen LogP contribution in [0.15, 0.2) is 32.7 Å². The summed E-state index contributed by atoms with van der Waals surface area (Å²) in [5.41, 5.74) is 0.986. The molecule has 0 unspecified atom stereocenters. The Balaban J connectivity index is 2.27. The molecule has 1 aromatic carbocycles. The lowest BCUT2D eigenvalue weighted by atomic mass is 10.2. The second-order valence-corrected chi connectivity index (χ2v) is 5.07. The molecule has 18 heavy (non-hydrogen) atoms. The highest BCUT2D eigenvalue weighted by atomic mass is 35.5. The number of aromatic carboxylic acids is 1. The first-order chi connectivity index (χ1) is 8.47. The highest BCUT2D eigenvalue weighted by Crippen LogP contribution is 2.34. The monoisotopic (exact) mass is 283 g/mol. The van der Waals surface area contributed by atoms with Crippen molar-refractivity contribution in [3.63, 3.8) is 0 Å². The van der Waals surface area contributed by atoms with Gasteiger partial charge in [-0.3, -0.25) is 0 Å². The van der Waals surface area contributed by atoms with Crippen LogP contribution >= 0.6 is 23.4 Å². The molecule has 6 heteroatoms. The van der Waals surface area contributed by atoms with Gasteiger partial charge in [0, 0.05) is 4.90 Å². The summed E-state index contributed by atoms with van der Waals surface area (Å²) in [5.74, 6) is -0.243. The lowest BCUT2D eigenvalue weighted by Gasteiger charge is -2.02. The molecule has 0 radical (unpaired) electrons. The fourth-order valence-electron chi connectivity index (χ4n) is 1.30. The fourth-order valence-corrected chi connectivity index (χ4v) is 2.42. The molecular weight excluding hydrogens is 274 g/mol. The Labute approximate surface area is 113 Å². The van der Waals surface area contributed by atoms with Crippen molar-refractivity contribution in [3.8, 4) is 0 Å². The molecule has 0 aliphatic carbocycles. The number of oxazole rings is 1. The van der Waals surface area contributed by atoms with E-state index in [0.717, 1.165) is 11.5 Å². The molecule has 2 aromatic rings. The van der Waals surface area contributed by atoms with E-state index >= 15 is 0 Å². The van der Waals surface area contributed by atoms with Crippen molar-refractivity contribution in [2.75, 3.05) is 0 Å². The van der Waals surface area contributed by atoms with Crippen LogP contribution in [-0.2, 0) is 0 Å². The quantitative estimate of drug-likeness (QED) is 0.928. The van der Waals surface area contributed by atoms with Gasteiger partial charge in [-0.2, -0.15) is 0 Å². The summed E-state index contributed by atoms with van der Waals surface area (Å²) in [4.78, 5) is 15.7. The van der Waals surface area contributed by atoms with E-state index in [1.807, 2.05) is 13.8 Å². The highest BCUT2D eigenvalue weighted by molar-refractivity contribution is 7.99. The Kier molecular flexibility index (Phi) is 3.63. The van der Waals surface area contributed by atoms with Crippen LogP contribution in [0.5, 0.6) is 0 Å². The Morgan fingerprint density at radius 1 is 1.44 bits per heavy atom. The Morgan fingerprint density at radius 3 is 2.67 bits per heavy atom. The number of hydrogen-bond donors (Lipinski definition) is 1. The van der Waals surface area contributed by atoms with Crippen LogP contribution in [0.2, 0.25) is 5.02 Å². The van der Waals surface area contributed by atoms with Crippen molar-refractivity contribution in [1.29, 1.82) is 0 Å². The van der Waals surface area contributed by atoms with Crippen molar-refractivity contribution in [2.45, 2.75) is 24.0 Å². The SMILES string of the molecule is Cc1nc(Sc2ccc(C(=O)O)cc2Cl)oc1C. The smallest absolute Gasteiger partial charge is 0.335 e. The molecular formula is C12H10ClNO3S. The van der Waals surface area contributed by atoms with E-state index in [0.29, 0.717) is 15.1 Å². The molecule has 1 heterocycles. The van der Waals surface area contributed by atoms with Gasteiger partial charge in [-0.1, -0.05) is 11.6 Å².